The highest BCUT2D eigenvalue weighted by Gasteiger charge is 2.27. The third-order valence-corrected chi connectivity index (χ3v) is 3.87. The molecule has 2 atom stereocenters. The van der Waals surface area contributed by atoms with Crippen LogP contribution in [0.5, 0.6) is 5.75 Å². The highest BCUT2D eigenvalue weighted by atomic mass is 16.6. The molecule has 0 heterocycles. The van der Waals surface area contributed by atoms with Crippen LogP contribution in [0.1, 0.15) is 50.8 Å². The lowest BCUT2D eigenvalue weighted by atomic mass is 10.1. The second-order valence-corrected chi connectivity index (χ2v) is 5.24. The predicted octanol–water partition coefficient (Wildman–Crippen LogP) is 3.00. The van der Waals surface area contributed by atoms with E-state index in [-0.39, 0.29) is 5.97 Å². The molecule has 116 valence electrons. The highest BCUT2D eigenvalue weighted by molar-refractivity contribution is 5.75. The molecule has 1 aromatic rings. The summed E-state index contributed by atoms with van der Waals surface area (Å²) in [6.45, 7) is 7.20. The Kier molecular flexibility index (Phi) is 5.62. The van der Waals surface area contributed by atoms with Gasteiger partial charge in [-0.2, -0.15) is 0 Å². The van der Waals surface area contributed by atoms with Crippen LogP contribution in [-0.4, -0.2) is 25.2 Å². The molecule has 1 aliphatic rings. The molecule has 2 unspecified atom stereocenters. The Morgan fingerprint density at radius 3 is 2.86 bits per heavy atom. The number of rotatable bonds is 7. The first kappa shape index (κ1) is 15.8. The number of benzene rings is 1. The molecule has 1 N–H and O–H groups in total. The van der Waals surface area contributed by atoms with E-state index in [1.54, 1.807) is 0 Å². The average Bonchev–Trinajstić information content (AvgIpc) is 2.89. The normalized spacial score (nSPS) is 18.1. The molecule has 0 bridgehead atoms. The minimum Gasteiger partial charge on any atom is -0.478 e. The van der Waals surface area contributed by atoms with Gasteiger partial charge in [0, 0.05) is 6.04 Å². The first-order valence-electron chi connectivity index (χ1n) is 7.89. The van der Waals surface area contributed by atoms with Gasteiger partial charge in [0.05, 0.1) is 6.61 Å². The van der Waals surface area contributed by atoms with Gasteiger partial charge in [0.15, 0.2) is 6.10 Å². The summed E-state index contributed by atoms with van der Waals surface area (Å²) in [5.74, 6) is 0.548. The average molecular weight is 291 g/mol. The quantitative estimate of drug-likeness (QED) is 0.785. The van der Waals surface area contributed by atoms with Gasteiger partial charge in [0.2, 0.25) is 0 Å². The number of carbonyl (C=O) groups is 1. The fourth-order valence-corrected chi connectivity index (χ4v) is 2.88. The minimum atomic E-state index is -0.519. The number of hydrogen-bond donors (Lipinski definition) is 1. The van der Waals surface area contributed by atoms with Gasteiger partial charge in [-0.15, -0.1) is 0 Å². The summed E-state index contributed by atoms with van der Waals surface area (Å²) in [4.78, 5) is 11.9. The van der Waals surface area contributed by atoms with Gasteiger partial charge in [0.25, 0.3) is 0 Å². The molecule has 0 radical (unpaired) electrons. The molecular formula is C17H25NO3. The molecule has 4 heteroatoms. The number of esters is 1. The molecular weight excluding hydrogens is 266 g/mol. The summed E-state index contributed by atoms with van der Waals surface area (Å²) in [6.07, 6.45) is 2.16. The Morgan fingerprint density at radius 2 is 2.19 bits per heavy atom. The van der Waals surface area contributed by atoms with Gasteiger partial charge in [-0.1, -0.05) is 26.0 Å². The van der Waals surface area contributed by atoms with Crippen molar-refractivity contribution < 1.29 is 14.3 Å². The molecule has 0 fully saturated rings. The lowest BCUT2D eigenvalue weighted by Gasteiger charge is -2.19. The lowest BCUT2D eigenvalue weighted by Crippen LogP contribution is -2.29. The summed E-state index contributed by atoms with van der Waals surface area (Å²) in [5, 5.41) is 3.49. The largest absolute Gasteiger partial charge is 0.478 e. The summed E-state index contributed by atoms with van der Waals surface area (Å²) in [6, 6.07) is 6.50. The zero-order valence-electron chi connectivity index (χ0n) is 13.1. The van der Waals surface area contributed by atoms with Crippen LogP contribution < -0.4 is 10.1 Å². The summed E-state index contributed by atoms with van der Waals surface area (Å²) in [5.41, 5.74) is 2.53. The van der Waals surface area contributed by atoms with Crippen LogP contribution >= 0.6 is 0 Å². The number of ether oxygens (including phenoxy) is 2. The maximum Gasteiger partial charge on any atom is 0.347 e. The van der Waals surface area contributed by atoms with Crippen LogP contribution in [0.25, 0.3) is 0 Å². The number of carbonyl (C=O) groups excluding carboxylic acids is 1. The van der Waals surface area contributed by atoms with Crippen LogP contribution in [0.2, 0.25) is 0 Å². The van der Waals surface area contributed by atoms with E-state index in [0.29, 0.717) is 19.1 Å². The van der Waals surface area contributed by atoms with Crippen LogP contribution in [-0.2, 0) is 16.0 Å². The molecule has 0 saturated carbocycles. The van der Waals surface area contributed by atoms with Crippen LogP contribution in [0.3, 0.4) is 0 Å². The molecule has 0 aromatic heterocycles. The fourth-order valence-electron chi connectivity index (χ4n) is 2.88. The number of fused-ring (bicyclic) bond motifs is 1. The Bertz CT molecular complexity index is 487. The van der Waals surface area contributed by atoms with Crippen molar-refractivity contribution in [1.82, 2.24) is 5.32 Å². The monoisotopic (exact) mass is 291 g/mol. The van der Waals surface area contributed by atoms with Crippen molar-refractivity contribution in [3.8, 4) is 5.75 Å². The zero-order valence-corrected chi connectivity index (χ0v) is 13.1. The molecule has 4 nitrogen and oxygen atoms in total. The molecule has 1 aliphatic carbocycles. The van der Waals surface area contributed by atoms with Crippen molar-refractivity contribution in [2.24, 2.45) is 0 Å². The number of hydrogen-bond acceptors (Lipinski definition) is 4. The van der Waals surface area contributed by atoms with E-state index < -0.39 is 6.10 Å². The first-order valence-corrected chi connectivity index (χ1v) is 7.89. The second-order valence-electron chi connectivity index (χ2n) is 5.24. The second kappa shape index (κ2) is 7.46. The molecule has 2 rings (SSSR count). The Hall–Kier alpha value is -1.55. The van der Waals surface area contributed by atoms with Gasteiger partial charge in [-0.05, 0) is 49.9 Å². The molecule has 0 amide bonds. The summed E-state index contributed by atoms with van der Waals surface area (Å²) >= 11 is 0. The predicted molar refractivity (Wildman–Crippen MR) is 82.5 cm³/mol. The Balaban J connectivity index is 2.16. The maximum absolute atomic E-state index is 11.9. The third-order valence-electron chi connectivity index (χ3n) is 3.87. The Labute approximate surface area is 126 Å². The molecule has 21 heavy (non-hydrogen) atoms. The van der Waals surface area contributed by atoms with E-state index in [2.05, 4.69) is 18.3 Å². The standard InChI is InChI=1S/C17H25NO3/c1-4-15(17(19)20-6-3)21-16-9-7-8-12-13(16)10-11-14(12)18-5-2/h7-9,14-15,18H,4-6,10-11H2,1-3H3. The van der Waals surface area contributed by atoms with Gasteiger partial charge < -0.3 is 14.8 Å². The molecule has 1 aromatic carbocycles. The van der Waals surface area contributed by atoms with Gasteiger partial charge in [-0.25, -0.2) is 4.79 Å². The summed E-state index contributed by atoms with van der Waals surface area (Å²) in [7, 11) is 0. The van der Waals surface area contributed by atoms with Crippen molar-refractivity contribution >= 4 is 5.97 Å². The Morgan fingerprint density at radius 1 is 1.38 bits per heavy atom. The van der Waals surface area contributed by atoms with E-state index in [1.165, 1.54) is 11.1 Å². The molecule has 0 saturated heterocycles. The van der Waals surface area contributed by atoms with E-state index in [0.717, 1.165) is 25.1 Å². The van der Waals surface area contributed by atoms with Gasteiger partial charge in [-0.3, -0.25) is 0 Å². The molecule has 0 aliphatic heterocycles. The van der Waals surface area contributed by atoms with E-state index >= 15 is 0 Å². The SMILES string of the molecule is CCNC1CCc2c(OC(CC)C(=O)OCC)cccc21. The van der Waals surface area contributed by atoms with Crippen molar-refractivity contribution in [3.05, 3.63) is 29.3 Å². The number of nitrogens with one attached hydrogen (secondary N) is 1. The van der Waals surface area contributed by atoms with Gasteiger partial charge in [0.1, 0.15) is 5.75 Å². The topological polar surface area (TPSA) is 47.6 Å². The van der Waals surface area contributed by atoms with Crippen molar-refractivity contribution in [2.45, 2.75) is 52.2 Å². The molecule has 0 spiro atoms. The van der Waals surface area contributed by atoms with E-state index in [4.69, 9.17) is 9.47 Å². The van der Waals surface area contributed by atoms with Crippen molar-refractivity contribution in [3.63, 3.8) is 0 Å². The van der Waals surface area contributed by atoms with Crippen LogP contribution in [0.15, 0.2) is 18.2 Å². The smallest absolute Gasteiger partial charge is 0.347 e. The highest BCUT2D eigenvalue weighted by Crippen LogP contribution is 2.37. The minimum absolute atomic E-state index is 0.279. The van der Waals surface area contributed by atoms with Crippen molar-refractivity contribution in [2.75, 3.05) is 13.2 Å². The third kappa shape index (κ3) is 3.56. The first-order chi connectivity index (χ1) is 10.2. The van der Waals surface area contributed by atoms with Gasteiger partial charge >= 0.3 is 5.97 Å². The summed E-state index contributed by atoms with van der Waals surface area (Å²) < 4.78 is 11.0. The van der Waals surface area contributed by atoms with Crippen molar-refractivity contribution in [1.29, 1.82) is 0 Å². The van der Waals surface area contributed by atoms with Crippen LogP contribution in [0, 0.1) is 0 Å². The fraction of sp³-hybridized carbons (Fsp3) is 0.588. The van der Waals surface area contributed by atoms with Crippen LogP contribution in [0.4, 0.5) is 0 Å². The zero-order chi connectivity index (χ0) is 15.2. The lowest BCUT2D eigenvalue weighted by molar-refractivity contribution is -0.151. The van der Waals surface area contributed by atoms with E-state index in [9.17, 15) is 4.79 Å². The maximum atomic E-state index is 11.9. The van der Waals surface area contributed by atoms with E-state index in [1.807, 2.05) is 26.0 Å².